The Labute approximate surface area is 159 Å². The second-order valence-corrected chi connectivity index (χ2v) is 7.41. The third kappa shape index (κ3) is 6.09. The van der Waals surface area contributed by atoms with E-state index in [0.29, 0.717) is 31.7 Å². The van der Waals surface area contributed by atoms with Crippen molar-refractivity contribution < 1.29 is 23.5 Å². The minimum atomic E-state index is -0.566. The molecule has 1 aromatic carbocycles. The Bertz CT molecular complexity index is 655. The van der Waals surface area contributed by atoms with Crippen LogP contribution in [-0.2, 0) is 9.47 Å². The van der Waals surface area contributed by atoms with Gasteiger partial charge in [-0.25, -0.2) is 14.0 Å². The summed E-state index contributed by atoms with van der Waals surface area (Å²) in [6.07, 6.45) is -0.916. The molecule has 0 radical (unpaired) electrons. The van der Waals surface area contributed by atoms with Crippen molar-refractivity contribution >= 4 is 12.2 Å². The van der Waals surface area contributed by atoms with Gasteiger partial charge < -0.3 is 19.7 Å². The largest absolute Gasteiger partial charge is 0.453 e. The molecule has 1 aliphatic heterocycles. The van der Waals surface area contributed by atoms with Gasteiger partial charge in [0, 0.05) is 38.3 Å². The second-order valence-electron chi connectivity index (χ2n) is 7.41. The lowest BCUT2D eigenvalue weighted by Crippen LogP contribution is -2.52. The zero-order valence-corrected chi connectivity index (χ0v) is 16.3. The molecule has 0 bridgehead atoms. The van der Waals surface area contributed by atoms with Crippen molar-refractivity contribution in [3.8, 4) is 0 Å². The minimum Gasteiger partial charge on any atom is -0.453 e. The topological polar surface area (TPSA) is 71.1 Å². The fourth-order valence-corrected chi connectivity index (χ4v) is 2.98. The number of carbonyl (C=O) groups excluding carboxylic acids is 2. The summed E-state index contributed by atoms with van der Waals surface area (Å²) in [4.78, 5) is 27.4. The third-order valence-corrected chi connectivity index (χ3v) is 4.30. The minimum absolute atomic E-state index is 0.208. The number of amides is 2. The van der Waals surface area contributed by atoms with E-state index in [2.05, 4.69) is 15.0 Å². The number of nitrogens with one attached hydrogen (secondary N) is 1. The summed E-state index contributed by atoms with van der Waals surface area (Å²) >= 11 is 0. The van der Waals surface area contributed by atoms with Crippen LogP contribution < -0.4 is 5.32 Å². The van der Waals surface area contributed by atoms with E-state index in [1.807, 2.05) is 20.8 Å². The smallest absolute Gasteiger partial charge is 0.410 e. The van der Waals surface area contributed by atoms with Gasteiger partial charge in [-0.05, 0) is 26.8 Å². The van der Waals surface area contributed by atoms with Crippen molar-refractivity contribution in [2.45, 2.75) is 32.4 Å². The number of benzene rings is 1. The van der Waals surface area contributed by atoms with Crippen LogP contribution in [0.25, 0.3) is 0 Å². The zero-order chi connectivity index (χ0) is 20.0. The van der Waals surface area contributed by atoms with Crippen molar-refractivity contribution in [1.29, 1.82) is 0 Å². The van der Waals surface area contributed by atoms with Crippen LogP contribution in [0, 0.1) is 5.82 Å². The predicted octanol–water partition coefficient (Wildman–Crippen LogP) is 2.78. The zero-order valence-electron chi connectivity index (χ0n) is 16.3. The maximum absolute atomic E-state index is 14.3. The quantitative estimate of drug-likeness (QED) is 0.868. The summed E-state index contributed by atoms with van der Waals surface area (Å²) in [5, 5.41) is 2.65. The number of hydrogen-bond acceptors (Lipinski definition) is 5. The summed E-state index contributed by atoms with van der Waals surface area (Å²) < 4.78 is 24.4. The van der Waals surface area contributed by atoms with E-state index < -0.39 is 11.7 Å². The molecule has 0 spiro atoms. The van der Waals surface area contributed by atoms with E-state index in [9.17, 15) is 14.0 Å². The number of rotatable bonds is 4. The van der Waals surface area contributed by atoms with E-state index in [-0.39, 0.29) is 24.5 Å². The molecule has 2 amide bonds. The highest BCUT2D eigenvalue weighted by atomic mass is 19.1. The second kappa shape index (κ2) is 9.03. The molecule has 0 aliphatic carbocycles. The number of ether oxygens (including phenoxy) is 2. The average molecular weight is 381 g/mol. The first-order valence-electron chi connectivity index (χ1n) is 8.99. The van der Waals surface area contributed by atoms with E-state index in [0.717, 1.165) is 0 Å². The normalized spacial score (nSPS) is 16.6. The van der Waals surface area contributed by atoms with Gasteiger partial charge in [-0.1, -0.05) is 18.2 Å². The van der Waals surface area contributed by atoms with Gasteiger partial charge in [0.25, 0.3) is 0 Å². The van der Waals surface area contributed by atoms with Crippen LogP contribution in [0.1, 0.15) is 32.4 Å². The lowest BCUT2D eigenvalue weighted by molar-refractivity contribution is 0.0101. The molecule has 0 aromatic heterocycles. The number of alkyl carbamates (subject to hydrolysis) is 1. The lowest BCUT2D eigenvalue weighted by atomic mass is 10.0. The third-order valence-electron chi connectivity index (χ3n) is 4.30. The molecule has 1 fully saturated rings. The average Bonchev–Trinajstić information content (AvgIpc) is 2.62. The van der Waals surface area contributed by atoms with Gasteiger partial charge in [-0.2, -0.15) is 0 Å². The number of methoxy groups -OCH3 is 1. The summed E-state index contributed by atoms with van der Waals surface area (Å²) in [5.41, 5.74) is -0.0476. The number of piperazine rings is 1. The van der Waals surface area contributed by atoms with E-state index in [1.165, 1.54) is 13.2 Å². The SMILES string of the molecule is COC(=O)NCC(c1ccccc1F)N1CCN(C(=O)OC(C)(C)C)CC1. The van der Waals surface area contributed by atoms with Crippen LogP contribution in [0.5, 0.6) is 0 Å². The molecule has 0 saturated carbocycles. The van der Waals surface area contributed by atoms with Crippen LogP contribution in [0.2, 0.25) is 0 Å². The molecular formula is C19H28FN3O4. The summed E-state index contributed by atoms with van der Waals surface area (Å²) in [7, 11) is 1.28. The molecule has 27 heavy (non-hydrogen) atoms. The summed E-state index contributed by atoms with van der Waals surface area (Å²) in [6, 6.07) is 6.15. The maximum Gasteiger partial charge on any atom is 0.410 e. The fraction of sp³-hybridized carbons (Fsp3) is 0.579. The Hall–Kier alpha value is -2.35. The standard InChI is InChI=1S/C19H28FN3O4/c1-19(2,3)27-18(25)23-11-9-22(10-12-23)16(13-21-17(24)26-4)14-7-5-6-8-15(14)20/h5-8,16H,9-13H2,1-4H3,(H,21,24). The number of halogens is 1. The molecule has 1 atom stereocenters. The molecule has 1 heterocycles. The highest BCUT2D eigenvalue weighted by molar-refractivity contribution is 5.68. The van der Waals surface area contributed by atoms with Crippen LogP contribution in [0.15, 0.2) is 24.3 Å². The van der Waals surface area contributed by atoms with E-state index in [1.54, 1.807) is 23.1 Å². The number of carbonyl (C=O) groups is 2. The van der Waals surface area contributed by atoms with E-state index >= 15 is 0 Å². The Morgan fingerprint density at radius 1 is 1.19 bits per heavy atom. The van der Waals surface area contributed by atoms with Gasteiger partial charge in [0.05, 0.1) is 13.2 Å². The summed E-state index contributed by atoms with van der Waals surface area (Å²) in [5.74, 6) is -0.330. The Morgan fingerprint density at radius 2 is 1.81 bits per heavy atom. The monoisotopic (exact) mass is 381 g/mol. The fourth-order valence-electron chi connectivity index (χ4n) is 2.98. The lowest BCUT2D eigenvalue weighted by Gasteiger charge is -2.39. The molecule has 1 aromatic rings. The van der Waals surface area contributed by atoms with Gasteiger partial charge in [0.1, 0.15) is 11.4 Å². The first-order valence-corrected chi connectivity index (χ1v) is 8.99. The van der Waals surface area contributed by atoms with Crippen molar-refractivity contribution in [1.82, 2.24) is 15.1 Å². The highest BCUT2D eigenvalue weighted by Crippen LogP contribution is 2.24. The Morgan fingerprint density at radius 3 is 2.37 bits per heavy atom. The summed E-state index contributed by atoms with van der Waals surface area (Å²) in [6.45, 7) is 7.72. The maximum atomic E-state index is 14.3. The van der Waals surface area contributed by atoms with Gasteiger partial charge in [-0.15, -0.1) is 0 Å². The molecule has 1 N–H and O–H groups in total. The predicted molar refractivity (Wildman–Crippen MR) is 98.9 cm³/mol. The first kappa shape index (κ1) is 21.0. The van der Waals surface area contributed by atoms with Crippen LogP contribution in [0.3, 0.4) is 0 Å². The Kier molecular flexibility index (Phi) is 7.01. The van der Waals surface area contributed by atoms with Gasteiger partial charge in [-0.3, -0.25) is 4.90 Å². The van der Waals surface area contributed by atoms with Gasteiger partial charge in [0.15, 0.2) is 0 Å². The molecule has 1 saturated heterocycles. The van der Waals surface area contributed by atoms with Gasteiger partial charge >= 0.3 is 12.2 Å². The van der Waals surface area contributed by atoms with Crippen molar-refractivity contribution in [3.63, 3.8) is 0 Å². The molecule has 2 rings (SSSR count). The molecule has 8 heteroatoms. The van der Waals surface area contributed by atoms with E-state index in [4.69, 9.17) is 4.74 Å². The first-order chi connectivity index (χ1) is 12.7. The molecular weight excluding hydrogens is 353 g/mol. The number of nitrogens with zero attached hydrogens (tertiary/aromatic N) is 2. The molecule has 1 aliphatic rings. The highest BCUT2D eigenvalue weighted by Gasteiger charge is 2.30. The van der Waals surface area contributed by atoms with Gasteiger partial charge in [0.2, 0.25) is 0 Å². The van der Waals surface area contributed by atoms with Crippen LogP contribution in [-0.4, -0.2) is 67.4 Å². The van der Waals surface area contributed by atoms with Crippen molar-refractivity contribution in [2.24, 2.45) is 0 Å². The van der Waals surface area contributed by atoms with Crippen molar-refractivity contribution in [3.05, 3.63) is 35.6 Å². The van der Waals surface area contributed by atoms with Crippen LogP contribution >= 0.6 is 0 Å². The molecule has 150 valence electrons. The van der Waals surface area contributed by atoms with Crippen molar-refractivity contribution in [2.75, 3.05) is 39.8 Å². The molecule has 7 nitrogen and oxygen atoms in total. The van der Waals surface area contributed by atoms with Crippen LogP contribution in [0.4, 0.5) is 14.0 Å². The Balaban J connectivity index is 2.06. The molecule has 1 unspecified atom stereocenters. The number of hydrogen-bond donors (Lipinski definition) is 1.